The van der Waals surface area contributed by atoms with Crippen LogP contribution >= 0.6 is 0 Å². The van der Waals surface area contributed by atoms with Gasteiger partial charge in [-0.05, 0) is 31.0 Å². The van der Waals surface area contributed by atoms with Gasteiger partial charge in [-0.2, -0.15) is 0 Å². The number of carbonyl (C=O) groups excluding carboxylic acids is 1. The Labute approximate surface area is 117 Å². The molecule has 1 saturated heterocycles. The predicted molar refractivity (Wildman–Crippen MR) is 73.8 cm³/mol. The van der Waals surface area contributed by atoms with Crippen molar-refractivity contribution in [2.75, 3.05) is 13.7 Å². The van der Waals surface area contributed by atoms with Gasteiger partial charge in [-0.15, -0.1) is 0 Å². The zero-order chi connectivity index (χ0) is 14.5. The van der Waals surface area contributed by atoms with Crippen LogP contribution in [0.5, 0.6) is 5.75 Å². The number of rotatable bonds is 5. The van der Waals surface area contributed by atoms with Gasteiger partial charge in [0.1, 0.15) is 12.0 Å². The van der Waals surface area contributed by atoms with E-state index in [1.165, 1.54) is 13.2 Å². The second-order valence-corrected chi connectivity index (χ2v) is 4.97. The van der Waals surface area contributed by atoms with Gasteiger partial charge in [0.15, 0.2) is 0 Å². The van der Waals surface area contributed by atoms with E-state index >= 15 is 0 Å². The number of ether oxygens (including phenoxy) is 1. The SMILES string of the molecule is COc1cc(CN2CCCCC2C=O)cc([N+](=O)[O-])c1. The Morgan fingerprint density at radius 2 is 2.25 bits per heavy atom. The number of benzene rings is 1. The summed E-state index contributed by atoms with van der Waals surface area (Å²) in [7, 11) is 1.48. The number of nitro groups is 1. The summed E-state index contributed by atoms with van der Waals surface area (Å²) in [5, 5.41) is 10.9. The van der Waals surface area contributed by atoms with Crippen molar-refractivity contribution in [3.8, 4) is 5.75 Å². The predicted octanol–water partition coefficient (Wildman–Crippen LogP) is 2.16. The third-order valence-corrected chi connectivity index (χ3v) is 3.60. The van der Waals surface area contributed by atoms with Gasteiger partial charge in [0.05, 0.1) is 24.1 Å². The number of hydrogen-bond acceptors (Lipinski definition) is 5. The summed E-state index contributed by atoms with van der Waals surface area (Å²) in [6.07, 6.45) is 3.93. The summed E-state index contributed by atoms with van der Waals surface area (Å²) in [5.74, 6) is 0.467. The maximum Gasteiger partial charge on any atom is 0.273 e. The average molecular weight is 278 g/mol. The lowest BCUT2D eigenvalue weighted by atomic mass is 10.0. The fourth-order valence-electron chi connectivity index (χ4n) is 2.56. The van der Waals surface area contributed by atoms with E-state index in [2.05, 4.69) is 4.90 Å². The molecular weight excluding hydrogens is 260 g/mol. The van der Waals surface area contributed by atoms with Crippen LogP contribution in [-0.4, -0.2) is 35.8 Å². The molecule has 20 heavy (non-hydrogen) atoms. The summed E-state index contributed by atoms with van der Waals surface area (Å²) < 4.78 is 5.10. The number of likely N-dealkylation sites (tertiary alicyclic amines) is 1. The molecule has 1 aliphatic rings. The van der Waals surface area contributed by atoms with Crippen molar-refractivity contribution in [3.05, 3.63) is 33.9 Å². The first-order valence-corrected chi connectivity index (χ1v) is 6.65. The Balaban J connectivity index is 2.21. The molecule has 1 aromatic rings. The smallest absolute Gasteiger partial charge is 0.273 e. The van der Waals surface area contributed by atoms with Gasteiger partial charge in [-0.25, -0.2) is 0 Å². The van der Waals surface area contributed by atoms with Crippen LogP contribution in [0.15, 0.2) is 18.2 Å². The molecule has 6 heteroatoms. The van der Waals surface area contributed by atoms with E-state index < -0.39 is 4.92 Å². The Hall–Kier alpha value is -1.95. The van der Waals surface area contributed by atoms with Crippen LogP contribution in [0.4, 0.5) is 5.69 Å². The lowest BCUT2D eigenvalue weighted by Gasteiger charge is -2.32. The lowest BCUT2D eigenvalue weighted by molar-refractivity contribution is -0.385. The Morgan fingerprint density at radius 3 is 2.90 bits per heavy atom. The number of nitrogens with zero attached hydrogens (tertiary/aromatic N) is 2. The van der Waals surface area contributed by atoms with E-state index in [1.807, 2.05) is 0 Å². The van der Waals surface area contributed by atoms with Crippen molar-refractivity contribution >= 4 is 12.0 Å². The lowest BCUT2D eigenvalue weighted by Crippen LogP contribution is -2.39. The molecule has 0 aliphatic carbocycles. The molecule has 6 nitrogen and oxygen atoms in total. The van der Waals surface area contributed by atoms with Crippen molar-refractivity contribution < 1.29 is 14.5 Å². The van der Waals surface area contributed by atoms with E-state index in [0.717, 1.165) is 37.7 Å². The number of piperidine rings is 1. The van der Waals surface area contributed by atoms with Gasteiger partial charge in [-0.3, -0.25) is 15.0 Å². The third-order valence-electron chi connectivity index (χ3n) is 3.60. The summed E-state index contributed by atoms with van der Waals surface area (Å²) in [4.78, 5) is 23.6. The number of aldehydes is 1. The van der Waals surface area contributed by atoms with Crippen LogP contribution in [0.25, 0.3) is 0 Å². The molecule has 0 N–H and O–H groups in total. The van der Waals surface area contributed by atoms with Crippen LogP contribution in [0.2, 0.25) is 0 Å². The first-order valence-electron chi connectivity index (χ1n) is 6.65. The van der Waals surface area contributed by atoms with Gasteiger partial charge < -0.3 is 9.53 Å². The second-order valence-electron chi connectivity index (χ2n) is 4.97. The van der Waals surface area contributed by atoms with Gasteiger partial charge in [0.2, 0.25) is 0 Å². The molecule has 2 rings (SSSR count). The van der Waals surface area contributed by atoms with Gasteiger partial charge >= 0.3 is 0 Å². The van der Waals surface area contributed by atoms with Crippen molar-refractivity contribution in [3.63, 3.8) is 0 Å². The molecule has 0 aromatic heterocycles. The summed E-state index contributed by atoms with van der Waals surface area (Å²) in [6.45, 7) is 1.37. The summed E-state index contributed by atoms with van der Waals surface area (Å²) in [6, 6.07) is 4.63. The standard InChI is InChI=1S/C14H18N2O4/c1-20-14-7-11(6-13(8-14)16(18)19)9-15-5-3-2-4-12(15)10-17/h6-8,10,12H,2-5,9H2,1H3. The highest BCUT2D eigenvalue weighted by molar-refractivity contribution is 5.57. The van der Waals surface area contributed by atoms with Crippen LogP contribution in [0.1, 0.15) is 24.8 Å². The fourth-order valence-corrected chi connectivity index (χ4v) is 2.56. The van der Waals surface area contributed by atoms with Crippen molar-refractivity contribution in [2.24, 2.45) is 0 Å². The molecule has 108 valence electrons. The molecular formula is C14H18N2O4. The monoisotopic (exact) mass is 278 g/mol. The van der Waals surface area contributed by atoms with Gasteiger partial charge in [0.25, 0.3) is 5.69 Å². The number of methoxy groups -OCH3 is 1. The van der Waals surface area contributed by atoms with E-state index in [-0.39, 0.29) is 11.7 Å². The number of hydrogen-bond donors (Lipinski definition) is 0. The minimum absolute atomic E-state index is 0.0130. The molecule has 0 spiro atoms. The fraction of sp³-hybridized carbons (Fsp3) is 0.500. The second kappa shape index (κ2) is 6.47. The first kappa shape index (κ1) is 14.5. The minimum atomic E-state index is -0.431. The van der Waals surface area contributed by atoms with E-state index in [1.54, 1.807) is 12.1 Å². The molecule has 1 aliphatic heterocycles. The Kier molecular flexibility index (Phi) is 4.68. The summed E-state index contributed by atoms with van der Waals surface area (Å²) >= 11 is 0. The zero-order valence-electron chi connectivity index (χ0n) is 11.4. The van der Waals surface area contributed by atoms with Crippen molar-refractivity contribution in [1.29, 1.82) is 0 Å². The molecule has 0 amide bonds. The molecule has 0 bridgehead atoms. The number of non-ortho nitro benzene ring substituents is 1. The summed E-state index contributed by atoms with van der Waals surface area (Å²) in [5.41, 5.74) is 0.809. The third kappa shape index (κ3) is 3.33. The topological polar surface area (TPSA) is 72.7 Å². The van der Waals surface area contributed by atoms with Crippen LogP contribution in [0.3, 0.4) is 0 Å². The molecule has 0 saturated carbocycles. The molecule has 1 aromatic carbocycles. The Bertz CT molecular complexity index is 504. The van der Waals surface area contributed by atoms with E-state index in [9.17, 15) is 14.9 Å². The van der Waals surface area contributed by atoms with Crippen LogP contribution < -0.4 is 4.74 Å². The molecule has 1 heterocycles. The highest BCUT2D eigenvalue weighted by Crippen LogP contribution is 2.25. The Morgan fingerprint density at radius 1 is 1.45 bits per heavy atom. The van der Waals surface area contributed by atoms with Gasteiger partial charge in [-0.1, -0.05) is 6.42 Å². The highest BCUT2D eigenvalue weighted by Gasteiger charge is 2.22. The van der Waals surface area contributed by atoms with E-state index in [0.29, 0.717) is 12.3 Å². The number of carbonyl (C=O) groups is 1. The zero-order valence-corrected chi connectivity index (χ0v) is 11.4. The minimum Gasteiger partial charge on any atom is -0.496 e. The van der Waals surface area contributed by atoms with E-state index in [4.69, 9.17) is 4.74 Å². The quantitative estimate of drug-likeness (QED) is 0.469. The van der Waals surface area contributed by atoms with Crippen LogP contribution in [0, 0.1) is 10.1 Å². The normalized spacial score (nSPS) is 19.6. The first-order chi connectivity index (χ1) is 9.63. The van der Waals surface area contributed by atoms with Gasteiger partial charge in [0, 0.05) is 12.6 Å². The van der Waals surface area contributed by atoms with Crippen LogP contribution in [-0.2, 0) is 11.3 Å². The maximum absolute atomic E-state index is 11.1. The molecule has 0 radical (unpaired) electrons. The van der Waals surface area contributed by atoms with Crippen molar-refractivity contribution in [1.82, 2.24) is 4.90 Å². The van der Waals surface area contributed by atoms with Crippen molar-refractivity contribution in [2.45, 2.75) is 31.8 Å². The number of nitro benzene ring substituents is 1. The average Bonchev–Trinajstić information content (AvgIpc) is 2.47. The maximum atomic E-state index is 11.1. The molecule has 1 unspecified atom stereocenters. The highest BCUT2D eigenvalue weighted by atomic mass is 16.6. The largest absolute Gasteiger partial charge is 0.496 e. The molecule has 1 fully saturated rings. The molecule has 1 atom stereocenters.